The second-order valence-corrected chi connectivity index (χ2v) is 2.10. The Balaban J connectivity index is 0.000000490. The van der Waals surface area contributed by atoms with E-state index in [-0.39, 0.29) is 22.4 Å². The molecule has 1 aliphatic rings. The Kier molecular flexibility index (Phi) is 4.53. The van der Waals surface area contributed by atoms with Crippen LogP contribution in [0.15, 0.2) is 0 Å². The van der Waals surface area contributed by atoms with Crippen LogP contribution in [0.5, 0.6) is 0 Å². The van der Waals surface area contributed by atoms with Gasteiger partial charge >= 0.3 is 0 Å². The van der Waals surface area contributed by atoms with Crippen molar-refractivity contribution >= 4 is 5.78 Å². The van der Waals surface area contributed by atoms with E-state index in [4.69, 9.17) is 0 Å². The predicted octanol–water partition coefficient (Wildman–Crippen LogP) is 1.52. The molecule has 0 spiro atoms. The van der Waals surface area contributed by atoms with Crippen LogP contribution in [-0.4, -0.2) is 5.78 Å². The van der Waals surface area contributed by atoms with Gasteiger partial charge in [0, 0.05) is 35.2 Å². The summed E-state index contributed by atoms with van der Waals surface area (Å²) in [4.78, 5) is 10.5. The molecule has 8 heavy (non-hydrogen) atoms. The van der Waals surface area contributed by atoms with Crippen LogP contribution in [0.4, 0.5) is 0 Å². The minimum Gasteiger partial charge on any atom is -0.300 e. The Morgan fingerprint density at radius 1 is 1.00 bits per heavy atom. The topological polar surface area (TPSA) is 17.1 Å². The molecule has 1 fully saturated rings. The van der Waals surface area contributed by atoms with Gasteiger partial charge in [-0.05, 0) is 12.8 Å². The van der Waals surface area contributed by atoms with Crippen LogP contribution in [0.25, 0.3) is 0 Å². The van der Waals surface area contributed by atoms with Crippen molar-refractivity contribution in [1.82, 2.24) is 0 Å². The molecule has 1 nitrogen and oxygen atoms in total. The summed E-state index contributed by atoms with van der Waals surface area (Å²) in [6.45, 7) is 0. The summed E-state index contributed by atoms with van der Waals surface area (Å²) in [5.41, 5.74) is 0. The molecule has 1 rings (SSSR count). The van der Waals surface area contributed by atoms with Gasteiger partial charge in [-0.2, -0.15) is 0 Å². The number of carbonyl (C=O) groups excluding carboxylic acids is 1. The largest absolute Gasteiger partial charge is 0.300 e. The molecule has 0 heterocycles. The monoisotopic (exact) mass is 205 g/mol. The zero-order valence-electron chi connectivity index (χ0n) is 4.75. The molecular weight excluding hydrogens is 196 g/mol. The van der Waals surface area contributed by atoms with E-state index in [0.717, 1.165) is 25.7 Å². The molecule has 0 aliphatic heterocycles. The summed E-state index contributed by atoms with van der Waals surface area (Å²) >= 11 is 0. The van der Waals surface area contributed by atoms with E-state index < -0.39 is 0 Å². The van der Waals surface area contributed by atoms with Crippen molar-refractivity contribution in [3.8, 4) is 0 Å². The number of carbonyl (C=O) groups is 1. The van der Waals surface area contributed by atoms with Crippen molar-refractivity contribution in [3.05, 3.63) is 0 Å². The Morgan fingerprint density at radius 3 is 1.75 bits per heavy atom. The molecule has 1 saturated carbocycles. The molecule has 2 heteroatoms. The maximum absolute atomic E-state index is 10.5. The number of hydrogen-bond donors (Lipinski definition) is 0. The Labute approximate surface area is 65.4 Å². The summed E-state index contributed by atoms with van der Waals surface area (Å²) in [5.74, 6) is 0.464. The third-order valence-corrected chi connectivity index (χ3v) is 1.41. The number of Topliss-reactive ketones (excluding diaryl/α,β-unsaturated/α-hetero) is 1. The van der Waals surface area contributed by atoms with Gasteiger partial charge in [0.2, 0.25) is 0 Å². The van der Waals surface area contributed by atoms with E-state index in [1.165, 1.54) is 6.42 Å². The van der Waals surface area contributed by atoms with E-state index in [9.17, 15) is 4.79 Å². The Hall–Kier alpha value is 0.410. The van der Waals surface area contributed by atoms with Gasteiger partial charge in [-0.1, -0.05) is 6.42 Å². The number of rotatable bonds is 0. The summed E-state index contributed by atoms with van der Waals surface area (Å²) in [7, 11) is 0. The second-order valence-electron chi connectivity index (χ2n) is 2.10. The van der Waals surface area contributed by atoms with E-state index in [0.29, 0.717) is 5.78 Å². The quantitative estimate of drug-likeness (QED) is 0.549. The first-order chi connectivity index (χ1) is 3.39. The smallest absolute Gasteiger partial charge is 0.132 e. The van der Waals surface area contributed by atoms with Crippen LogP contribution in [0.2, 0.25) is 0 Å². The first kappa shape index (κ1) is 8.41. The molecule has 1 aliphatic carbocycles. The molecule has 0 bridgehead atoms. The molecule has 0 aromatic carbocycles. The van der Waals surface area contributed by atoms with E-state index in [2.05, 4.69) is 0 Å². The summed E-state index contributed by atoms with van der Waals surface area (Å²) in [6, 6.07) is 0. The fourth-order valence-corrected chi connectivity index (χ4v) is 0.946. The molecule has 0 N–H and O–H groups in total. The van der Waals surface area contributed by atoms with Crippen LogP contribution in [0.1, 0.15) is 32.1 Å². The molecule has 51 valence electrons. The van der Waals surface area contributed by atoms with Gasteiger partial charge in [-0.15, -0.1) is 0 Å². The summed E-state index contributed by atoms with van der Waals surface area (Å²) < 4.78 is 0. The van der Waals surface area contributed by atoms with Gasteiger partial charge in [0.05, 0.1) is 0 Å². The van der Waals surface area contributed by atoms with Crippen molar-refractivity contribution in [3.63, 3.8) is 0 Å². The maximum atomic E-state index is 10.5. The molecule has 1 radical (unpaired) electrons. The zero-order chi connectivity index (χ0) is 5.11. The number of hydrogen-bond acceptors (Lipinski definition) is 1. The summed E-state index contributed by atoms with van der Waals surface area (Å²) in [6.07, 6.45) is 5.24. The average molecular weight is 206 g/mol. The SMILES string of the molecule is O=C1CCCCC1.[Ag]. The Morgan fingerprint density at radius 2 is 1.50 bits per heavy atom. The van der Waals surface area contributed by atoms with Crippen LogP contribution in [0.3, 0.4) is 0 Å². The standard InChI is InChI=1S/C6H10O.Ag/c7-6-4-2-1-3-5-6;/h1-5H2;. The van der Waals surface area contributed by atoms with Gasteiger partial charge in [0.1, 0.15) is 5.78 Å². The molecular formula is C6H10AgO. The van der Waals surface area contributed by atoms with Crippen LogP contribution >= 0.6 is 0 Å². The Bertz CT molecular complexity index is 72.6. The summed E-state index contributed by atoms with van der Waals surface area (Å²) in [5, 5.41) is 0. The fourth-order valence-electron chi connectivity index (χ4n) is 0.946. The van der Waals surface area contributed by atoms with Crippen molar-refractivity contribution in [2.75, 3.05) is 0 Å². The molecule has 0 unspecified atom stereocenters. The minimum absolute atomic E-state index is 0. The molecule has 0 amide bonds. The van der Waals surface area contributed by atoms with Gasteiger partial charge in [0.25, 0.3) is 0 Å². The first-order valence-corrected chi connectivity index (χ1v) is 2.91. The first-order valence-electron chi connectivity index (χ1n) is 2.91. The minimum atomic E-state index is 0. The third-order valence-electron chi connectivity index (χ3n) is 1.41. The van der Waals surface area contributed by atoms with Crippen molar-refractivity contribution in [2.45, 2.75) is 32.1 Å². The molecule has 0 aromatic rings. The van der Waals surface area contributed by atoms with E-state index in [1.54, 1.807) is 0 Å². The van der Waals surface area contributed by atoms with E-state index in [1.807, 2.05) is 0 Å². The molecule has 0 saturated heterocycles. The molecule has 0 atom stereocenters. The molecule has 0 aromatic heterocycles. The van der Waals surface area contributed by atoms with Gasteiger partial charge in [-0.3, -0.25) is 4.79 Å². The zero-order valence-corrected chi connectivity index (χ0v) is 6.23. The van der Waals surface area contributed by atoms with Crippen molar-refractivity contribution in [1.29, 1.82) is 0 Å². The normalized spacial score (nSPS) is 19.8. The van der Waals surface area contributed by atoms with Gasteiger partial charge < -0.3 is 0 Å². The fraction of sp³-hybridized carbons (Fsp3) is 0.833. The van der Waals surface area contributed by atoms with E-state index >= 15 is 0 Å². The second kappa shape index (κ2) is 4.30. The van der Waals surface area contributed by atoms with Crippen molar-refractivity contribution < 1.29 is 27.2 Å². The maximum Gasteiger partial charge on any atom is 0.132 e. The average Bonchev–Trinajstić information content (AvgIpc) is 1.69. The predicted molar refractivity (Wildman–Crippen MR) is 28.1 cm³/mol. The third kappa shape index (κ3) is 2.65. The van der Waals surface area contributed by atoms with Gasteiger partial charge in [0.15, 0.2) is 0 Å². The van der Waals surface area contributed by atoms with Crippen LogP contribution in [0, 0.1) is 0 Å². The van der Waals surface area contributed by atoms with Crippen molar-refractivity contribution in [2.24, 2.45) is 0 Å². The van der Waals surface area contributed by atoms with Gasteiger partial charge in [-0.25, -0.2) is 0 Å². The van der Waals surface area contributed by atoms with Crippen LogP contribution < -0.4 is 0 Å². The number of ketones is 1. The van der Waals surface area contributed by atoms with Crippen LogP contribution in [-0.2, 0) is 27.2 Å².